The smallest absolute Gasteiger partial charge is 0.260 e. The van der Waals surface area contributed by atoms with Gasteiger partial charge in [0.05, 0.1) is 19.3 Å². The van der Waals surface area contributed by atoms with Gasteiger partial charge in [0.1, 0.15) is 5.75 Å². The molecule has 0 saturated carbocycles. The lowest BCUT2D eigenvalue weighted by atomic mass is 10.1. The number of hydrogen-bond donors (Lipinski definition) is 0. The molecule has 2 heterocycles. The van der Waals surface area contributed by atoms with Crippen LogP contribution in [0.5, 0.6) is 5.75 Å². The lowest BCUT2D eigenvalue weighted by molar-refractivity contribution is -0.135. The second kappa shape index (κ2) is 6.86. The molecule has 0 radical (unpaired) electrons. The highest BCUT2D eigenvalue weighted by Crippen LogP contribution is 2.19. The predicted molar refractivity (Wildman–Crippen MR) is 84.3 cm³/mol. The van der Waals surface area contributed by atoms with E-state index in [0.717, 1.165) is 19.7 Å². The van der Waals surface area contributed by atoms with Crippen molar-refractivity contribution < 1.29 is 14.3 Å². The first-order valence-electron chi connectivity index (χ1n) is 7.56. The number of hydrogen-bond acceptors (Lipinski definition) is 4. The zero-order valence-corrected chi connectivity index (χ0v) is 13.5. The van der Waals surface area contributed by atoms with E-state index in [4.69, 9.17) is 21.1 Å². The highest BCUT2D eigenvalue weighted by Gasteiger charge is 2.33. The number of benzene rings is 1. The van der Waals surface area contributed by atoms with Crippen molar-refractivity contribution in [2.45, 2.75) is 6.04 Å². The minimum Gasteiger partial charge on any atom is -0.484 e. The summed E-state index contributed by atoms with van der Waals surface area (Å²) in [5.41, 5.74) is 0. The normalized spacial score (nSPS) is 25.6. The van der Waals surface area contributed by atoms with Crippen LogP contribution >= 0.6 is 11.6 Å². The highest BCUT2D eigenvalue weighted by atomic mass is 35.5. The standard InChI is InChI=1S/C16H21ClN2O3/c1-18-6-12-7-19(8-14(18)10-21-9-12)16(20)11-22-15-4-2-13(17)3-5-15/h2-5,12,14H,6-11H2,1H3/t12-,14+/m1/s1. The molecule has 2 fully saturated rings. The van der Waals surface area contributed by atoms with Crippen molar-refractivity contribution >= 4 is 17.5 Å². The molecule has 1 amide bonds. The Morgan fingerprint density at radius 3 is 2.82 bits per heavy atom. The topological polar surface area (TPSA) is 42.0 Å². The number of ether oxygens (including phenoxy) is 2. The summed E-state index contributed by atoms with van der Waals surface area (Å²) in [5, 5.41) is 0.655. The van der Waals surface area contributed by atoms with Crippen LogP contribution in [0.1, 0.15) is 0 Å². The minimum atomic E-state index is 0.0298. The van der Waals surface area contributed by atoms with Crippen molar-refractivity contribution in [2.75, 3.05) is 46.5 Å². The van der Waals surface area contributed by atoms with Crippen molar-refractivity contribution in [3.63, 3.8) is 0 Å². The van der Waals surface area contributed by atoms with Gasteiger partial charge in [0.25, 0.3) is 5.91 Å². The van der Waals surface area contributed by atoms with E-state index >= 15 is 0 Å². The Bertz CT molecular complexity index is 523. The van der Waals surface area contributed by atoms with Crippen molar-refractivity contribution in [3.05, 3.63) is 29.3 Å². The summed E-state index contributed by atoms with van der Waals surface area (Å²) < 4.78 is 11.2. The summed E-state index contributed by atoms with van der Waals surface area (Å²) in [6.07, 6.45) is 0. The summed E-state index contributed by atoms with van der Waals surface area (Å²) in [6, 6.07) is 7.32. The van der Waals surface area contributed by atoms with Crippen LogP contribution in [0.2, 0.25) is 5.02 Å². The van der Waals surface area contributed by atoms with E-state index in [1.54, 1.807) is 24.3 Å². The first-order chi connectivity index (χ1) is 10.6. The SMILES string of the molecule is CN1C[C@H]2COC[C@@H]1CN(C(=O)COc1ccc(Cl)cc1)C2. The van der Waals surface area contributed by atoms with Gasteiger partial charge < -0.3 is 14.4 Å². The minimum absolute atomic E-state index is 0.0298. The first-order valence-corrected chi connectivity index (χ1v) is 7.94. The van der Waals surface area contributed by atoms with Crippen LogP contribution in [0.15, 0.2) is 24.3 Å². The molecule has 2 saturated heterocycles. The second-order valence-corrected chi connectivity index (χ2v) is 6.47. The van der Waals surface area contributed by atoms with Gasteiger partial charge in [0, 0.05) is 30.6 Å². The molecule has 2 bridgehead atoms. The Balaban J connectivity index is 1.58. The van der Waals surface area contributed by atoms with Gasteiger partial charge in [-0.3, -0.25) is 9.69 Å². The van der Waals surface area contributed by atoms with E-state index in [9.17, 15) is 4.79 Å². The zero-order chi connectivity index (χ0) is 15.5. The molecular formula is C16H21ClN2O3. The number of carbonyl (C=O) groups excluding carboxylic acids is 1. The number of likely N-dealkylation sites (N-methyl/N-ethyl adjacent to an activating group) is 1. The van der Waals surface area contributed by atoms with E-state index in [2.05, 4.69) is 11.9 Å². The second-order valence-electron chi connectivity index (χ2n) is 6.04. The van der Waals surface area contributed by atoms with Crippen LogP contribution < -0.4 is 4.74 Å². The van der Waals surface area contributed by atoms with Gasteiger partial charge in [-0.1, -0.05) is 11.6 Å². The van der Waals surface area contributed by atoms with Gasteiger partial charge in [0.15, 0.2) is 6.61 Å². The maximum absolute atomic E-state index is 12.4. The third-order valence-corrected chi connectivity index (χ3v) is 4.52. The summed E-state index contributed by atoms with van der Waals surface area (Å²) in [6.45, 7) is 3.90. The molecule has 0 unspecified atom stereocenters. The number of nitrogens with zero attached hydrogens (tertiary/aromatic N) is 2. The zero-order valence-electron chi connectivity index (χ0n) is 12.7. The van der Waals surface area contributed by atoms with Crippen molar-refractivity contribution in [2.24, 2.45) is 5.92 Å². The Kier molecular flexibility index (Phi) is 4.86. The molecule has 2 aliphatic heterocycles. The van der Waals surface area contributed by atoms with Gasteiger partial charge in [-0.05, 0) is 31.3 Å². The highest BCUT2D eigenvalue weighted by molar-refractivity contribution is 6.30. The summed E-state index contributed by atoms with van der Waals surface area (Å²) >= 11 is 5.84. The van der Waals surface area contributed by atoms with Gasteiger partial charge in [-0.25, -0.2) is 0 Å². The van der Waals surface area contributed by atoms with E-state index in [-0.39, 0.29) is 18.6 Å². The molecule has 0 aromatic heterocycles. The molecule has 6 heteroatoms. The largest absolute Gasteiger partial charge is 0.484 e. The van der Waals surface area contributed by atoms with Gasteiger partial charge >= 0.3 is 0 Å². The number of rotatable bonds is 3. The Morgan fingerprint density at radius 2 is 2.05 bits per heavy atom. The van der Waals surface area contributed by atoms with E-state index in [0.29, 0.717) is 29.8 Å². The molecular weight excluding hydrogens is 304 g/mol. The maximum atomic E-state index is 12.4. The maximum Gasteiger partial charge on any atom is 0.260 e. The van der Waals surface area contributed by atoms with Crippen LogP contribution in [0, 0.1) is 5.92 Å². The number of amides is 1. The molecule has 3 rings (SSSR count). The fourth-order valence-corrected chi connectivity index (χ4v) is 3.15. The number of halogens is 1. The molecule has 5 nitrogen and oxygen atoms in total. The number of carbonyl (C=O) groups is 1. The molecule has 1 aromatic rings. The fraction of sp³-hybridized carbons (Fsp3) is 0.562. The Morgan fingerprint density at radius 1 is 1.27 bits per heavy atom. The molecule has 120 valence electrons. The van der Waals surface area contributed by atoms with Crippen molar-refractivity contribution in [1.82, 2.24) is 9.80 Å². The number of fused-ring (bicyclic) bond motifs is 3. The average molecular weight is 325 g/mol. The van der Waals surface area contributed by atoms with E-state index in [1.807, 2.05) is 4.90 Å². The van der Waals surface area contributed by atoms with E-state index < -0.39 is 0 Å². The quantitative estimate of drug-likeness (QED) is 0.845. The fourth-order valence-electron chi connectivity index (χ4n) is 3.02. The van der Waals surface area contributed by atoms with Gasteiger partial charge in [-0.2, -0.15) is 0 Å². The summed E-state index contributed by atoms with van der Waals surface area (Å²) in [5.74, 6) is 1.06. The van der Waals surface area contributed by atoms with Crippen LogP contribution in [-0.2, 0) is 9.53 Å². The van der Waals surface area contributed by atoms with E-state index in [1.165, 1.54) is 0 Å². The third kappa shape index (κ3) is 3.72. The molecule has 0 aliphatic carbocycles. The molecule has 22 heavy (non-hydrogen) atoms. The van der Waals surface area contributed by atoms with Crippen LogP contribution in [0.25, 0.3) is 0 Å². The van der Waals surface area contributed by atoms with Crippen molar-refractivity contribution in [3.8, 4) is 5.75 Å². The lowest BCUT2D eigenvalue weighted by Gasteiger charge is -2.29. The summed E-state index contributed by atoms with van der Waals surface area (Å²) in [7, 11) is 2.10. The lowest BCUT2D eigenvalue weighted by Crippen LogP contribution is -2.46. The Labute approximate surface area is 135 Å². The summed E-state index contributed by atoms with van der Waals surface area (Å²) in [4.78, 5) is 16.7. The third-order valence-electron chi connectivity index (χ3n) is 4.27. The molecule has 0 spiro atoms. The van der Waals surface area contributed by atoms with Crippen molar-refractivity contribution in [1.29, 1.82) is 0 Å². The van der Waals surface area contributed by atoms with Gasteiger partial charge in [0.2, 0.25) is 0 Å². The first kappa shape index (κ1) is 15.6. The van der Waals surface area contributed by atoms with Crippen LogP contribution in [0.3, 0.4) is 0 Å². The van der Waals surface area contributed by atoms with Gasteiger partial charge in [-0.15, -0.1) is 0 Å². The predicted octanol–water partition coefficient (Wildman–Crippen LogP) is 1.51. The average Bonchev–Trinajstić information content (AvgIpc) is 2.75. The molecule has 2 atom stereocenters. The molecule has 0 N–H and O–H groups in total. The monoisotopic (exact) mass is 324 g/mol. The van der Waals surface area contributed by atoms with Crippen LogP contribution in [-0.4, -0.2) is 68.3 Å². The molecule has 1 aromatic carbocycles. The van der Waals surface area contributed by atoms with Crippen LogP contribution in [0.4, 0.5) is 0 Å². The molecule has 2 aliphatic rings. The Hall–Kier alpha value is -1.30.